The maximum atomic E-state index is 12.1. The van der Waals surface area contributed by atoms with E-state index in [9.17, 15) is 14.9 Å². The zero-order valence-corrected chi connectivity index (χ0v) is 10.8. The molecule has 0 radical (unpaired) electrons. The van der Waals surface area contributed by atoms with Crippen LogP contribution in [0.5, 0.6) is 0 Å². The van der Waals surface area contributed by atoms with E-state index in [-0.39, 0.29) is 17.3 Å². The molecule has 1 aliphatic carbocycles. The lowest BCUT2D eigenvalue weighted by Crippen LogP contribution is -2.40. The molecule has 19 heavy (non-hydrogen) atoms. The number of anilines is 1. The van der Waals surface area contributed by atoms with Crippen molar-refractivity contribution in [3.8, 4) is 0 Å². The number of carbonyl (C=O) groups excluding carboxylic acids is 1. The quantitative estimate of drug-likeness (QED) is 0.493. The Morgan fingerprint density at radius 3 is 2.74 bits per heavy atom. The van der Waals surface area contributed by atoms with Crippen molar-refractivity contribution in [3.05, 3.63) is 33.9 Å². The van der Waals surface area contributed by atoms with E-state index in [0.717, 1.165) is 12.8 Å². The highest BCUT2D eigenvalue weighted by molar-refractivity contribution is 5.99. The molecule has 1 fully saturated rings. The molecule has 6 nitrogen and oxygen atoms in total. The van der Waals surface area contributed by atoms with Crippen LogP contribution in [0.2, 0.25) is 0 Å². The van der Waals surface area contributed by atoms with Gasteiger partial charge < -0.3 is 11.1 Å². The molecule has 0 spiro atoms. The number of rotatable bonds is 4. The van der Waals surface area contributed by atoms with Gasteiger partial charge in [0.15, 0.2) is 0 Å². The minimum absolute atomic E-state index is 0.0242. The number of benzene rings is 1. The number of amides is 1. The van der Waals surface area contributed by atoms with Gasteiger partial charge in [0, 0.05) is 17.8 Å². The number of nitrogens with zero attached hydrogens (tertiary/aromatic N) is 1. The third-order valence-corrected chi connectivity index (χ3v) is 3.68. The number of nitrogens with two attached hydrogens (primary N) is 1. The summed E-state index contributed by atoms with van der Waals surface area (Å²) in [4.78, 5) is 22.4. The fourth-order valence-electron chi connectivity index (χ4n) is 2.24. The molecule has 1 saturated carbocycles. The molecule has 0 bridgehead atoms. The molecule has 6 heteroatoms. The summed E-state index contributed by atoms with van der Waals surface area (Å²) in [5, 5.41) is 13.7. The number of nitrogen functional groups attached to an aromatic ring is 1. The monoisotopic (exact) mass is 263 g/mol. The van der Waals surface area contributed by atoms with Gasteiger partial charge in [-0.2, -0.15) is 0 Å². The Morgan fingerprint density at radius 2 is 2.21 bits per heavy atom. The van der Waals surface area contributed by atoms with Gasteiger partial charge in [0.1, 0.15) is 5.56 Å². The van der Waals surface area contributed by atoms with Crippen LogP contribution in [0.4, 0.5) is 11.4 Å². The highest BCUT2D eigenvalue weighted by Gasteiger charge is 2.27. The van der Waals surface area contributed by atoms with E-state index >= 15 is 0 Å². The predicted octanol–water partition coefficient (Wildman–Crippen LogP) is 2.10. The van der Waals surface area contributed by atoms with Crippen LogP contribution < -0.4 is 11.1 Å². The number of nitro groups is 1. The smallest absolute Gasteiger partial charge is 0.282 e. The Kier molecular flexibility index (Phi) is 3.69. The molecule has 1 aromatic rings. The average molecular weight is 263 g/mol. The number of nitrogens with one attached hydrogen (secondary N) is 1. The lowest BCUT2D eigenvalue weighted by Gasteiger charge is -2.31. The van der Waals surface area contributed by atoms with Crippen LogP contribution in [-0.2, 0) is 0 Å². The second kappa shape index (κ2) is 5.26. The average Bonchev–Trinajstić information content (AvgIpc) is 2.25. The van der Waals surface area contributed by atoms with Crippen molar-refractivity contribution < 1.29 is 9.72 Å². The summed E-state index contributed by atoms with van der Waals surface area (Å²) in [6.07, 6.45) is 3.38. The Morgan fingerprint density at radius 1 is 1.53 bits per heavy atom. The largest absolute Gasteiger partial charge is 0.399 e. The van der Waals surface area contributed by atoms with Crippen LogP contribution in [0, 0.1) is 16.0 Å². The molecular formula is C13H17N3O3. The van der Waals surface area contributed by atoms with Crippen molar-refractivity contribution in [1.29, 1.82) is 0 Å². The third-order valence-electron chi connectivity index (χ3n) is 3.68. The van der Waals surface area contributed by atoms with E-state index in [1.807, 2.05) is 6.92 Å². The Hall–Kier alpha value is -2.11. The second-order valence-corrected chi connectivity index (χ2v) is 4.99. The van der Waals surface area contributed by atoms with Crippen molar-refractivity contribution in [2.45, 2.75) is 32.2 Å². The van der Waals surface area contributed by atoms with Crippen LogP contribution in [0.15, 0.2) is 18.2 Å². The maximum absolute atomic E-state index is 12.1. The number of hydrogen-bond donors (Lipinski definition) is 2. The van der Waals surface area contributed by atoms with Gasteiger partial charge in [-0.3, -0.25) is 14.9 Å². The molecule has 1 unspecified atom stereocenters. The molecule has 1 atom stereocenters. The van der Waals surface area contributed by atoms with Gasteiger partial charge in [-0.1, -0.05) is 6.42 Å². The van der Waals surface area contributed by atoms with Gasteiger partial charge in [-0.15, -0.1) is 0 Å². The van der Waals surface area contributed by atoms with Crippen LogP contribution in [0.3, 0.4) is 0 Å². The standard InChI is InChI=1S/C13H17N3O3/c1-8(9-3-2-4-9)15-13(17)11-7-10(14)5-6-12(11)16(18)19/h5-9H,2-4,14H2,1H3,(H,15,17). The van der Waals surface area contributed by atoms with E-state index in [1.54, 1.807) is 0 Å². The first kappa shape index (κ1) is 13.3. The molecule has 0 saturated heterocycles. The molecule has 3 N–H and O–H groups in total. The molecule has 1 aromatic carbocycles. The summed E-state index contributed by atoms with van der Waals surface area (Å²) < 4.78 is 0. The Balaban J connectivity index is 2.17. The molecule has 1 aliphatic rings. The number of carbonyl (C=O) groups is 1. The van der Waals surface area contributed by atoms with Crippen LogP contribution in [0.25, 0.3) is 0 Å². The molecule has 2 rings (SSSR count). The molecule has 1 amide bonds. The minimum atomic E-state index is -0.567. The van der Waals surface area contributed by atoms with Gasteiger partial charge in [-0.25, -0.2) is 0 Å². The number of nitro benzene ring substituents is 1. The van der Waals surface area contributed by atoms with E-state index in [2.05, 4.69) is 5.32 Å². The van der Waals surface area contributed by atoms with Crippen LogP contribution in [-0.4, -0.2) is 16.9 Å². The molecule has 0 aromatic heterocycles. The third kappa shape index (κ3) is 2.83. The van der Waals surface area contributed by atoms with Crippen LogP contribution >= 0.6 is 0 Å². The summed E-state index contributed by atoms with van der Waals surface area (Å²) in [5.74, 6) is 0.0439. The maximum Gasteiger partial charge on any atom is 0.282 e. The zero-order valence-electron chi connectivity index (χ0n) is 10.8. The summed E-state index contributed by atoms with van der Waals surface area (Å²) in [5.41, 5.74) is 5.74. The number of hydrogen-bond acceptors (Lipinski definition) is 4. The second-order valence-electron chi connectivity index (χ2n) is 4.99. The summed E-state index contributed by atoms with van der Waals surface area (Å²) in [7, 11) is 0. The van der Waals surface area contributed by atoms with Gasteiger partial charge in [0.25, 0.3) is 11.6 Å². The van der Waals surface area contributed by atoms with E-state index in [0.29, 0.717) is 11.6 Å². The van der Waals surface area contributed by atoms with E-state index < -0.39 is 10.8 Å². The van der Waals surface area contributed by atoms with Crippen molar-refractivity contribution >= 4 is 17.3 Å². The van der Waals surface area contributed by atoms with Gasteiger partial charge >= 0.3 is 0 Å². The van der Waals surface area contributed by atoms with Crippen molar-refractivity contribution in [2.24, 2.45) is 5.92 Å². The Bertz CT molecular complexity index is 512. The van der Waals surface area contributed by atoms with Crippen molar-refractivity contribution in [2.75, 3.05) is 5.73 Å². The fraction of sp³-hybridized carbons (Fsp3) is 0.462. The molecule has 0 aliphatic heterocycles. The fourth-order valence-corrected chi connectivity index (χ4v) is 2.24. The summed E-state index contributed by atoms with van der Waals surface area (Å²) in [6, 6.07) is 4.06. The minimum Gasteiger partial charge on any atom is -0.399 e. The Labute approximate surface area is 111 Å². The molecule has 0 heterocycles. The molecular weight excluding hydrogens is 246 g/mol. The van der Waals surface area contributed by atoms with Crippen LogP contribution in [0.1, 0.15) is 36.5 Å². The first-order chi connectivity index (χ1) is 8.99. The van der Waals surface area contributed by atoms with E-state index in [1.165, 1.54) is 24.6 Å². The highest BCUT2D eigenvalue weighted by Crippen LogP contribution is 2.30. The lowest BCUT2D eigenvalue weighted by molar-refractivity contribution is -0.385. The van der Waals surface area contributed by atoms with E-state index in [4.69, 9.17) is 5.73 Å². The van der Waals surface area contributed by atoms with Gasteiger partial charge in [0.2, 0.25) is 0 Å². The predicted molar refractivity (Wildman–Crippen MR) is 71.8 cm³/mol. The highest BCUT2D eigenvalue weighted by atomic mass is 16.6. The summed E-state index contributed by atoms with van der Waals surface area (Å²) >= 11 is 0. The zero-order chi connectivity index (χ0) is 14.0. The summed E-state index contributed by atoms with van der Waals surface area (Å²) in [6.45, 7) is 1.93. The first-order valence-corrected chi connectivity index (χ1v) is 6.34. The van der Waals surface area contributed by atoms with Gasteiger partial charge in [-0.05, 0) is 37.8 Å². The topological polar surface area (TPSA) is 98.3 Å². The molecule has 102 valence electrons. The SMILES string of the molecule is CC(NC(=O)c1cc(N)ccc1[N+](=O)[O-])C1CCC1. The first-order valence-electron chi connectivity index (χ1n) is 6.34. The lowest BCUT2D eigenvalue weighted by atomic mass is 9.80. The van der Waals surface area contributed by atoms with Crippen molar-refractivity contribution in [3.63, 3.8) is 0 Å². The van der Waals surface area contributed by atoms with Gasteiger partial charge in [0.05, 0.1) is 4.92 Å². The normalized spacial score (nSPS) is 16.5. The van der Waals surface area contributed by atoms with Crippen molar-refractivity contribution in [1.82, 2.24) is 5.32 Å².